The van der Waals surface area contributed by atoms with Crippen LogP contribution in [0.5, 0.6) is 0 Å². The molecule has 0 radical (unpaired) electrons. The van der Waals surface area contributed by atoms with Gasteiger partial charge < -0.3 is 29.9 Å². The molecule has 0 spiro atoms. The van der Waals surface area contributed by atoms with Crippen molar-refractivity contribution < 1.29 is 24.9 Å². The predicted molar refractivity (Wildman–Crippen MR) is 287 cm³/mol. The number of esters is 1. The monoisotopic (exact) mass is 955 g/mol. The lowest BCUT2D eigenvalue weighted by Gasteiger charge is -2.42. The second kappa shape index (κ2) is 23.0. The maximum atomic E-state index is 14.3. The summed E-state index contributed by atoms with van der Waals surface area (Å²) < 4.78 is 6.53. The number of nitrogens with zero attached hydrogens (tertiary/aromatic N) is 2. The smallest absolute Gasteiger partial charge is 0.316 e. The molecular weight excluding hydrogens is 877 g/mol. The lowest BCUT2D eigenvalue weighted by molar-refractivity contribution is -0.156. The van der Waals surface area contributed by atoms with E-state index in [2.05, 4.69) is 54.8 Å². The van der Waals surface area contributed by atoms with Crippen LogP contribution in [0.1, 0.15) is 143 Å². The molecular formula is C64H78N2O5. The summed E-state index contributed by atoms with van der Waals surface area (Å²) in [6.07, 6.45) is 5.60. The summed E-state index contributed by atoms with van der Waals surface area (Å²) in [7, 11) is 0. The minimum Gasteiger partial charge on any atom is -0.457 e. The zero-order chi connectivity index (χ0) is 50.1. The molecule has 71 heavy (non-hydrogen) atoms. The highest BCUT2D eigenvalue weighted by atomic mass is 16.5. The van der Waals surface area contributed by atoms with Crippen molar-refractivity contribution >= 4 is 5.97 Å². The lowest BCUT2D eigenvalue weighted by atomic mass is 9.72. The molecule has 0 aromatic heterocycles. The molecule has 8 rings (SSSR count). The summed E-state index contributed by atoms with van der Waals surface area (Å²) in [5.41, 5.74) is 4.70. The lowest BCUT2D eigenvalue weighted by Crippen LogP contribution is -2.44. The molecule has 0 bridgehead atoms. The summed E-state index contributed by atoms with van der Waals surface area (Å²) in [5, 5.41) is 36.1. The van der Waals surface area contributed by atoms with Crippen LogP contribution in [0, 0.1) is 11.8 Å². The number of likely N-dealkylation sites (tertiary alicyclic amines) is 2. The number of hydrogen-bond donors (Lipinski definition) is 3. The highest BCUT2D eigenvalue weighted by Gasteiger charge is 2.43. The fraction of sp³-hybridized carbons (Fsp3) is 0.422. The minimum atomic E-state index is -1.05. The minimum absolute atomic E-state index is 0.00443. The van der Waals surface area contributed by atoms with E-state index in [9.17, 15) is 20.1 Å². The third kappa shape index (κ3) is 12.1. The topological polar surface area (TPSA) is 93.5 Å². The van der Waals surface area contributed by atoms with E-state index in [1.807, 2.05) is 159 Å². The van der Waals surface area contributed by atoms with Crippen molar-refractivity contribution in [2.45, 2.75) is 120 Å². The molecule has 6 aromatic carbocycles. The van der Waals surface area contributed by atoms with Gasteiger partial charge in [-0.05, 0) is 166 Å². The van der Waals surface area contributed by atoms with Gasteiger partial charge in [0.25, 0.3) is 0 Å². The number of rotatable bonds is 19. The van der Waals surface area contributed by atoms with Crippen LogP contribution < -0.4 is 0 Å². The van der Waals surface area contributed by atoms with E-state index < -0.39 is 28.8 Å². The number of aliphatic hydroxyl groups is 3. The Balaban J connectivity index is 0.845. The fourth-order valence-electron chi connectivity index (χ4n) is 11.4. The van der Waals surface area contributed by atoms with Crippen LogP contribution in [0.3, 0.4) is 0 Å². The van der Waals surface area contributed by atoms with Gasteiger partial charge in [0.05, 0.1) is 11.5 Å². The Hall–Kier alpha value is -5.41. The molecule has 2 unspecified atom stereocenters. The number of benzene rings is 6. The van der Waals surface area contributed by atoms with Crippen molar-refractivity contribution in [3.8, 4) is 0 Å². The van der Waals surface area contributed by atoms with Gasteiger partial charge in [0.1, 0.15) is 17.3 Å². The first-order valence-corrected chi connectivity index (χ1v) is 26.4. The first-order chi connectivity index (χ1) is 34.2. The molecule has 2 aliphatic rings. The van der Waals surface area contributed by atoms with Crippen molar-refractivity contribution in [2.24, 2.45) is 11.8 Å². The normalized spacial score (nSPS) is 16.9. The molecule has 0 amide bonds. The average molecular weight is 955 g/mol. The molecule has 7 heteroatoms. The van der Waals surface area contributed by atoms with Gasteiger partial charge in [0.15, 0.2) is 0 Å². The van der Waals surface area contributed by atoms with Crippen LogP contribution in [0.4, 0.5) is 0 Å². The van der Waals surface area contributed by atoms with E-state index in [-0.39, 0.29) is 23.2 Å². The number of carbonyl (C=O) groups is 1. The summed E-state index contributed by atoms with van der Waals surface area (Å²) in [6.45, 7) is 15.9. The molecule has 2 heterocycles. The zero-order valence-electron chi connectivity index (χ0n) is 42.9. The maximum absolute atomic E-state index is 14.3. The Labute approximate surface area is 424 Å². The van der Waals surface area contributed by atoms with E-state index >= 15 is 0 Å². The van der Waals surface area contributed by atoms with Gasteiger partial charge in [-0.2, -0.15) is 0 Å². The van der Waals surface area contributed by atoms with Gasteiger partial charge in [0.2, 0.25) is 0 Å². The van der Waals surface area contributed by atoms with E-state index in [1.165, 1.54) is 5.56 Å². The van der Waals surface area contributed by atoms with E-state index in [1.54, 1.807) is 0 Å². The Morgan fingerprint density at radius 3 is 1.23 bits per heavy atom. The summed E-state index contributed by atoms with van der Waals surface area (Å²) in [6, 6.07) is 56.9. The molecule has 3 N–H and O–H groups in total. The Morgan fingerprint density at radius 1 is 0.493 bits per heavy atom. The molecule has 374 valence electrons. The van der Waals surface area contributed by atoms with Crippen LogP contribution in [0.2, 0.25) is 0 Å². The van der Waals surface area contributed by atoms with Gasteiger partial charge in [-0.3, -0.25) is 4.79 Å². The summed E-state index contributed by atoms with van der Waals surface area (Å²) >= 11 is 0. The quantitative estimate of drug-likeness (QED) is 0.0696. The van der Waals surface area contributed by atoms with Crippen LogP contribution in [0.15, 0.2) is 170 Å². The SMILES string of the molecule is CC(C)(C)c1ccc(C(CCCN2CCC(C(O)(c3ccccc3)c3ccccc3)CC2)OC(=O)C(C)(C)c2ccc(C(O)CCCN3CCC(C(O)(c4ccccc4)c4ccccc4)CC3)cc2)cc1. The Kier molecular flexibility index (Phi) is 16.8. The van der Waals surface area contributed by atoms with Gasteiger partial charge >= 0.3 is 5.97 Å². The van der Waals surface area contributed by atoms with Gasteiger partial charge in [-0.15, -0.1) is 0 Å². The Morgan fingerprint density at radius 2 is 0.845 bits per heavy atom. The standard InChI is InChI=1S/C64H78N2O5/c1-61(2,3)50-34-32-49(33-35-50)59(29-19-43-66-46-40-57(41-47-66)64(70,54-24-14-8-15-25-54)55-26-16-9-17-27-55)71-60(68)62(4,5)51-36-30-48(31-37-51)58(67)28-18-42-65-44-38-56(39-45-65)63(69,52-20-10-6-11-21-52)53-22-12-7-13-23-53/h6-17,20-27,30-37,56-59,67,69-70H,18-19,28-29,38-47H2,1-5H3. The first-order valence-electron chi connectivity index (χ1n) is 26.4. The molecule has 2 aliphatic heterocycles. The number of aliphatic hydroxyl groups excluding tert-OH is 1. The Bertz CT molecular complexity index is 2470. The van der Waals surface area contributed by atoms with Crippen molar-refractivity contribution in [1.29, 1.82) is 0 Å². The average Bonchev–Trinajstić information content (AvgIpc) is 3.41. The fourth-order valence-corrected chi connectivity index (χ4v) is 11.4. The molecule has 0 aliphatic carbocycles. The number of hydrogen-bond acceptors (Lipinski definition) is 7. The largest absolute Gasteiger partial charge is 0.457 e. The second-order valence-corrected chi connectivity index (χ2v) is 22.0. The van der Waals surface area contributed by atoms with Gasteiger partial charge in [0, 0.05) is 0 Å². The van der Waals surface area contributed by atoms with Crippen molar-refractivity contribution in [1.82, 2.24) is 9.80 Å². The van der Waals surface area contributed by atoms with Crippen molar-refractivity contribution in [3.05, 3.63) is 214 Å². The van der Waals surface area contributed by atoms with E-state index in [0.717, 1.165) is 117 Å². The predicted octanol–water partition coefficient (Wildman–Crippen LogP) is 12.4. The van der Waals surface area contributed by atoms with Crippen molar-refractivity contribution in [3.63, 3.8) is 0 Å². The van der Waals surface area contributed by atoms with Crippen LogP contribution >= 0.6 is 0 Å². The third-order valence-electron chi connectivity index (χ3n) is 16.0. The van der Waals surface area contributed by atoms with Gasteiger partial charge in [-0.25, -0.2) is 0 Å². The van der Waals surface area contributed by atoms with Crippen molar-refractivity contribution in [2.75, 3.05) is 39.3 Å². The van der Waals surface area contributed by atoms with Gasteiger partial charge in [-0.1, -0.05) is 191 Å². The molecule has 6 aromatic rings. The summed E-state index contributed by atoms with van der Waals surface area (Å²) in [4.78, 5) is 19.3. The number of carbonyl (C=O) groups excluding carboxylic acids is 1. The second-order valence-electron chi connectivity index (χ2n) is 22.0. The van der Waals surface area contributed by atoms with E-state index in [0.29, 0.717) is 12.8 Å². The number of ether oxygens (including phenoxy) is 1. The maximum Gasteiger partial charge on any atom is 0.316 e. The van der Waals surface area contributed by atoms with Crippen LogP contribution in [-0.4, -0.2) is 70.4 Å². The van der Waals surface area contributed by atoms with Crippen LogP contribution in [-0.2, 0) is 31.6 Å². The molecule has 2 atom stereocenters. The number of piperidine rings is 2. The van der Waals surface area contributed by atoms with Crippen LogP contribution in [0.25, 0.3) is 0 Å². The summed E-state index contributed by atoms with van der Waals surface area (Å²) in [5.74, 6) is -0.0723. The highest BCUT2D eigenvalue weighted by Crippen LogP contribution is 2.44. The highest BCUT2D eigenvalue weighted by molar-refractivity contribution is 5.82. The molecule has 0 saturated carbocycles. The molecule has 2 fully saturated rings. The van der Waals surface area contributed by atoms with E-state index in [4.69, 9.17) is 4.74 Å². The molecule has 7 nitrogen and oxygen atoms in total. The molecule has 2 saturated heterocycles. The zero-order valence-corrected chi connectivity index (χ0v) is 42.9. The third-order valence-corrected chi connectivity index (χ3v) is 16.0. The first kappa shape index (κ1) is 51.9.